The molecule has 1 saturated carbocycles. The number of rotatable bonds is 3. The van der Waals surface area contributed by atoms with Crippen LogP contribution in [0.5, 0.6) is 0 Å². The molecule has 1 aliphatic carbocycles. The molecule has 1 heterocycles. The van der Waals surface area contributed by atoms with E-state index in [-0.39, 0.29) is 5.91 Å². The smallest absolute Gasteiger partial charge is 0.329 e. The molecule has 1 fully saturated rings. The number of hydrogen-bond acceptors (Lipinski definition) is 3. The summed E-state index contributed by atoms with van der Waals surface area (Å²) in [6, 6.07) is 7.70. The van der Waals surface area contributed by atoms with Crippen molar-refractivity contribution in [2.45, 2.75) is 50.7 Å². The van der Waals surface area contributed by atoms with Gasteiger partial charge in [-0.05, 0) is 49.1 Å². The van der Waals surface area contributed by atoms with Crippen LogP contribution in [0.4, 0.5) is 0 Å². The summed E-state index contributed by atoms with van der Waals surface area (Å²) >= 11 is 0. The van der Waals surface area contributed by atoms with E-state index < -0.39 is 17.6 Å². The number of hydrogen-bond donors (Lipinski definition) is 2. The molecule has 0 bridgehead atoms. The van der Waals surface area contributed by atoms with Gasteiger partial charge < -0.3 is 15.2 Å². The maximum absolute atomic E-state index is 12.7. The first-order valence-corrected chi connectivity index (χ1v) is 8.27. The molecule has 1 unspecified atom stereocenters. The average Bonchev–Trinajstić information content (AvgIpc) is 2.56. The molecule has 0 saturated heterocycles. The van der Waals surface area contributed by atoms with E-state index in [4.69, 9.17) is 4.74 Å². The van der Waals surface area contributed by atoms with Gasteiger partial charge in [0, 0.05) is 0 Å². The fraction of sp³-hybridized carbons (Fsp3) is 0.556. The van der Waals surface area contributed by atoms with E-state index in [9.17, 15) is 14.7 Å². The standard InChI is InChI=1S/C18H23NO4/c1-12-6-9-18(10-7-12,17(21)22)19-16(20)15-14-5-3-2-4-13(14)8-11-23-15/h2-5,12,15H,6-11H2,1H3,(H,19,20)(H,21,22). The lowest BCUT2D eigenvalue weighted by molar-refractivity contribution is -0.152. The van der Waals surface area contributed by atoms with Crippen LogP contribution in [0.25, 0.3) is 0 Å². The molecule has 2 N–H and O–H groups in total. The highest BCUT2D eigenvalue weighted by molar-refractivity contribution is 5.90. The Morgan fingerprint density at radius 2 is 1.96 bits per heavy atom. The number of ether oxygens (including phenoxy) is 1. The summed E-state index contributed by atoms with van der Waals surface area (Å²) in [5.74, 6) is -0.776. The number of carbonyl (C=O) groups excluding carboxylic acids is 1. The molecule has 5 nitrogen and oxygen atoms in total. The van der Waals surface area contributed by atoms with Gasteiger partial charge in [-0.2, -0.15) is 0 Å². The first-order valence-electron chi connectivity index (χ1n) is 8.27. The van der Waals surface area contributed by atoms with Gasteiger partial charge in [-0.15, -0.1) is 0 Å². The molecule has 124 valence electrons. The lowest BCUT2D eigenvalue weighted by atomic mass is 9.77. The molecule has 0 radical (unpaired) electrons. The van der Waals surface area contributed by atoms with E-state index in [2.05, 4.69) is 12.2 Å². The third kappa shape index (κ3) is 3.11. The SMILES string of the molecule is CC1CCC(NC(=O)C2OCCc3ccccc32)(C(=O)O)CC1. The summed E-state index contributed by atoms with van der Waals surface area (Å²) in [5, 5.41) is 12.5. The van der Waals surface area contributed by atoms with Crippen molar-refractivity contribution < 1.29 is 19.4 Å². The second kappa shape index (κ2) is 6.32. The van der Waals surface area contributed by atoms with Crippen LogP contribution in [0.15, 0.2) is 24.3 Å². The van der Waals surface area contributed by atoms with Gasteiger partial charge in [0.05, 0.1) is 6.61 Å². The average molecular weight is 317 g/mol. The van der Waals surface area contributed by atoms with E-state index in [1.807, 2.05) is 24.3 Å². The number of fused-ring (bicyclic) bond motifs is 1. The Labute approximate surface area is 136 Å². The van der Waals surface area contributed by atoms with Crippen LogP contribution in [0.1, 0.15) is 49.8 Å². The normalized spacial score (nSPS) is 30.3. The zero-order chi connectivity index (χ0) is 16.4. The van der Waals surface area contributed by atoms with Gasteiger partial charge in [0.1, 0.15) is 5.54 Å². The lowest BCUT2D eigenvalue weighted by Crippen LogP contribution is -2.57. The van der Waals surface area contributed by atoms with Crippen molar-refractivity contribution in [3.8, 4) is 0 Å². The van der Waals surface area contributed by atoms with E-state index in [0.29, 0.717) is 25.4 Å². The highest BCUT2D eigenvalue weighted by atomic mass is 16.5. The minimum Gasteiger partial charge on any atom is -0.480 e. The Morgan fingerprint density at radius 3 is 2.65 bits per heavy atom. The van der Waals surface area contributed by atoms with Crippen LogP contribution >= 0.6 is 0 Å². The molecule has 0 aromatic heterocycles. The number of amides is 1. The summed E-state index contributed by atoms with van der Waals surface area (Å²) in [7, 11) is 0. The largest absolute Gasteiger partial charge is 0.480 e. The third-order valence-electron chi connectivity index (χ3n) is 5.13. The van der Waals surface area contributed by atoms with Crippen molar-refractivity contribution in [1.29, 1.82) is 0 Å². The fourth-order valence-corrected chi connectivity index (χ4v) is 3.56. The molecule has 2 aliphatic rings. The van der Waals surface area contributed by atoms with Crippen LogP contribution in [-0.2, 0) is 20.7 Å². The van der Waals surface area contributed by atoms with Crippen molar-refractivity contribution in [3.05, 3.63) is 35.4 Å². The number of nitrogens with one attached hydrogen (secondary N) is 1. The van der Waals surface area contributed by atoms with Crippen molar-refractivity contribution >= 4 is 11.9 Å². The maximum atomic E-state index is 12.7. The molecule has 1 aromatic rings. The first kappa shape index (κ1) is 16.0. The molecule has 1 amide bonds. The van der Waals surface area contributed by atoms with Crippen molar-refractivity contribution in [3.63, 3.8) is 0 Å². The second-order valence-electron chi connectivity index (χ2n) is 6.76. The molecular weight excluding hydrogens is 294 g/mol. The molecule has 1 aliphatic heterocycles. The zero-order valence-corrected chi connectivity index (χ0v) is 13.4. The Kier molecular flexibility index (Phi) is 4.39. The molecule has 5 heteroatoms. The molecule has 0 spiro atoms. The Bertz CT molecular complexity index is 605. The predicted molar refractivity (Wildman–Crippen MR) is 85.0 cm³/mol. The Hall–Kier alpha value is -1.88. The second-order valence-corrected chi connectivity index (χ2v) is 6.76. The van der Waals surface area contributed by atoms with Gasteiger partial charge in [-0.3, -0.25) is 4.79 Å². The summed E-state index contributed by atoms with van der Waals surface area (Å²) in [6.45, 7) is 2.60. The van der Waals surface area contributed by atoms with Crippen LogP contribution in [0.3, 0.4) is 0 Å². The highest BCUT2D eigenvalue weighted by Crippen LogP contribution is 2.34. The summed E-state index contributed by atoms with van der Waals surface area (Å²) in [6.07, 6.45) is 2.65. The van der Waals surface area contributed by atoms with Gasteiger partial charge >= 0.3 is 5.97 Å². The van der Waals surface area contributed by atoms with Crippen molar-refractivity contribution in [1.82, 2.24) is 5.32 Å². The molecular formula is C18H23NO4. The summed E-state index contributed by atoms with van der Waals surface area (Å²) in [5.41, 5.74) is 0.792. The van der Waals surface area contributed by atoms with Gasteiger partial charge in [0.25, 0.3) is 5.91 Å². The Morgan fingerprint density at radius 1 is 1.26 bits per heavy atom. The number of carboxylic acid groups (broad SMARTS) is 1. The van der Waals surface area contributed by atoms with Crippen LogP contribution in [0, 0.1) is 5.92 Å². The fourth-order valence-electron chi connectivity index (χ4n) is 3.56. The van der Waals surface area contributed by atoms with Gasteiger partial charge in [-0.25, -0.2) is 4.79 Å². The minimum atomic E-state index is -1.15. The Balaban J connectivity index is 1.80. The number of carboxylic acids is 1. The van der Waals surface area contributed by atoms with E-state index in [1.54, 1.807) is 0 Å². The van der Waals surface area contributed by atoms with E-state index in [0.717, 1.165) is 30.4 Å². The molecule has 23 heavy (non-hydrogen) atoms. The molecule has 3 rings (SSSR count). The number of benzene rings is 1. The summed E-state index contributed by atoms with van der Waals surface area (Å²) < 4.78 is 5.65. The van der Waals surface area contributed by atoms with E-state index in [1.165, 1.54) is 0 Å². The number of aliphatic carboxylic acids is 1. The number of carbonyl (C=O) groups is 2. The van der Waals surface area contributed by atoms with Crippen LogP contribution in [-0.4, -0.2) is 29.1 Å². The third-order valence-corrected chi connectivity index (χ3v) is 5.13. The quantitative estimate of drug-likeness (QED) is 0.898. The monoisotopic (exact) mass is 317 g/mol. The lowest BCUT2D eigenvalue weighted by Gasteiger charge is -2.38. The van der Waals surface area contributed by atoms with Gasteiger partial charge in [0.2, 0.25) is 0 Å². The van der Waals surface area contributed by atoms with Gasteiger partial charge in [0.15, 0.2) is 6.10 Å². The topological polar surface area (TPSA) is 75.6 Å². The highest BCUT2D eigenvalue weighted by Gasteiger charge is 2.44. The molecule has 1 aromatic carbocycles. The van der Waals surface area contributed by atoms with Crippen molar-refractivity contribution in [2.75, 3.05) is 6.61 Å². The molecule has 1 atom stereocenters. The van der Waals surface area contributed by atoms with Crippen molar-refractivity contribution in [2.24, 2.45) is 5.92 Å². The zero-order valence-electron chi connectivity index (χ0n) is 13.4. The predicted octanol–water partition coefficient (Wildman–Crippen LogP) is 2.45. The first-order chi connectivity index (χ1) is 11.0. The maximum Gasteiger partial charge on any atom is 0.329 e. The van der Waals surface area contributed by atoms with Crippen LogP contribution < -0.4 is 5.32 Å². The minimum absolute atomic E-state index is 0.339. The van der Waals surface area contributed by atoms with Crippen LogP contribution in [0.2, 0.25) is 0 Å². The van der Waals surface area contributed by atoms with E-state index >= 15 is 0 Å². The summed E-state index contributed by atoms with van der Waals surface area (Å²) in [4.78, 5) is 24.5. The van der Waals surface area contributed by atoms with Gasteiger partial charge in [-0.1, -0.05) is 31.2 Å².